The van der Waals surface area contributed by atoms with E-state index in [0.29, 0.717) is 11.3 Å². The van der Waals surface area contributed by atoms with Crippen molar-refractivity contribution < 1.29 is 9.53 Å². The normalized spacial score (nSPS) is 12.0. The summed E-state index contributed by atoms with van der Waals surface area (Å²) in [6, 6.07) is 4.78. The first-order chi connectivity index (χ1) is 12.9. The Balaban J connectivity index is 2.39. The van der Waals surface area contributed by atoms with Crippen LogP contribution in [-0.4, -0.2) is 34.1 Å². The molecule has 0 saturated heterocycles. The van der Waals surface area contributed by atoms with Crippen molar-refractivity contribution >= 4 is 92.9 Å². The second-order valence-electron chi connectivity index (χ2n) is 5.15. The number of hydrogen-bond donors (Lipinski definition) is 1. The Labute approximate surface area is 195 Å². The average Bonchev–Trinajstić information content (AvgIpc) is 2.59. The summed E-state index contributed by atoms with van der Waals surface area (Å²) in [5.41, 5.74) is 0.941. The maximum atomic E-state index is 11.4. The van der Waals surface area contributed by atoms with Gasteiger partial charge in [-0.1, -0.05) is 81.2 Å². The lowest BCUT2D eigenvalue weighted by Crippen LogP contribution is -2.17. The molecule has 1 N–H and O–H groups in total. The number of halogens is 7. The average molecular weight is 527 g/mol. The molecule has 1 heterocycles. The number of nitrogens with zero attached hydrogens (tertiary/aromatic N) is 3. The van der Waals surface area contributed by atoms with Gasteiger partial charge in [-0.2, -0.15) is 0 Å². The molecule has 0 aliphatic rings. The van der Waals surface area contributed by atoms with Crippen LogP contribution in [0.4, 0.5) is 5.69 Å². The molecule has 152 valence electrons. The van der Waals surface area contributed by atoms with Crippen LogP contribution in [-0.2, 0) is 17.1 Å². The highest BCUT2D eigenvalue weighted by molar-refractivity contribution is 6.67. The van der Waals surface area contributed by atoms with Crippen LogP contribution in [0, 0.1) is 0 Å². The number of nitrogens with one attached hydrogen (secondary N) is 1. The van der Waals surface area contributed by atoms with Crippen molar-refractivity contribution in [2.45, 2.75) is 14.5 Å². The molecule has 6 nitrogen and oxygen atoms in total. The first kappa shape index (κ1) is 23.8. The molecule has 2 aromatic rings. The number of hydrogen-bond acceptors (Lipinski definition) is 6. The molecule has 0 saturated carbocycles. The van der Waals surface area contributed by atoms with Crippen LogP contribution < -0.4 is 5.32 Å². The Morgan fingerprint density at radius 1 is 1.04 bits per heavy atom. The first-order valence-electron chi connectivity index (χ1n) is 7.51. The molecule has 0 amide bonds. The third-order valence-electron chi connectivity index (χ3n) is 3.10. The van der Waals surface area contributed by atoms with Gasteiger partial charge < -0.3 is 10.1 Å². The van der Waals surface area contributed by atoms with Crippen molar-refractivity contribution in [1.82, 2.24) is 15.0 Å². The smallest absolute Gasteiger partial charge is 0.325 e. The van der Waals surface area contributed by atoms with E-state index in [1.807, 2.05) is 0 Å². The minimum absolute atomic E-state index is 0.0481. The standard InChI is InChI=1S/C15H11Cl7N4O2/c1-2-28-10(27)6-23-9-4-3-7(5-8(9)16)11-24-12(14(17,18)19)26-13(25-11)15(20,21)22/h3-5,23H,2,6H2,1H3. The van der Waals surface area contributed by atoms with Crippen molar-refractivity contribution in [1.29, 1.82) is 0 Å². The molecule has 0 atom stereocenters. The zero-order chi connectivity index (χ0) is 21.1. The summed E-state index contributed by atoms with van der Waals surface area (Å²) in [5.74, 6) is -0.773. The van der Waals surface area contributed by atoms with Crippen LogP contribution in [0.2, 0.25) is 5.02 Å². The highest BCUT2D eigenvalue weighted by Crippen LogP contribution is 2.41. The van der Waals surface area contributed by atoms with Crippen LogP contribution in [0.1, 0.15) is 18.6 Å². The lowest BCUT2D eigenvalue weighted by molar-refractivity contribution is -0.140. The van der Waals surface area contributed by atoms with E-state index in [1.165, 1.54) is 6.07 Å². The van der Waals surface area contributed by atoms with E-state index in [2.05, 4.69) is 20.3 Å². The van der Waals surface area contributed by atoms with Gasteiger partial charge in [0.1, 0.15) is 6.54 Å². The van der Waals surface area contributed by atoms with Gasteiger partial charge in [0.05, 0.1) is 17.3 Å². The van der Waals surface area contributed by atoms with E-state index >= 15 is 0 Å². The maximum absolute atomic E-state index is 11.4. The summed E-state index contributed by atoms with van der Waals surface area (Å²) < 4.78 is 0.910. The van der Waals surface area contributed by atoms with E-state index in [9.17, 15) is 4.79 Å². The van der Waals surface area contributed by atoms with Gasteiger partial charge in [0.15, 0.2) is 17.5 Å². The number of aromatic nitrogens is 3. The molecular formula is C15H11Cl7N4O2. The zero-order valence-corrected chi connectivity index (χ0v) is 19.2. The van der Waals surface area contributed by atoms with E-state index in [0.717, 1.165) is 0 Å². The van der Waals surface area contributed by atoms with Gasteiger partial charge in [0.2, 0.25) is 7.59 Å². The molecule has 1 aromatic heterocycles. The summed E-state index contributed by atoms with van der Waals surface area (Å²) >= 11 is 41.4. The summed E-state index contributed by atoms with van der Waals surface area (Å²) in [6.45, 7) is 1.95. The second kappa shape index (κ2) is 9.56. The van der Waals surface area contributed by atoms with Gasteiger partial charge in [-0.25, -0.2) is 15.0 Å². The van der Waals surface area contributed by atoms with Crippen LogP contribution in [0.25, 0.3) is 11.4 Å². The number of rotatable bonds is 5. The molecule has 0 aliphatic carbocycles. The number of alkyl halides is 6. The van der Waals surface area contributed by atoms with E-state index in [4.69, 9.17) is 85.9 Å². The third kappa shape index (κ3) is 6.52. The zero-order valence-electron chi connectivity index (χ0n) is 14.0. The SMILES string of the molecule is CCOC(=O)CNc1ccc(-c2nc(C(Cl)(Cl)Cl)nc(C(Cl)(Cl)Cl)n2)cc1Cl. The number of anilines is 1. The molecule has 0 bridgehead atoms. The fourth-order valence-electron chi connectivity index (χ4n) is 1.94. The van der Waals surface area contributed by atoms with Gasteiger partial charge in [-0.15, -0.1) is 0 Å². The monoisotopic (exact) mass is 524 g/mol. The Kier molecular flexibility index (Phi) is 8.13. The minimum atomic E-state index is -1.96. The van der Waals surface area contributed by atoms with E-state index in [-0.39, 0.29) is 35.6 Å². The van der Waals surface area contributed by atoms with Gasteiger partial charge in [0, 0.05) is 5.56 Å². The molecule has 1 aromatic carbocycles. The Morgan fingerprint density at radius 3 is 2.07 bits per heavy atom. The molecule has 2 rings (SSSR count). The van der Waals surface area contributed by atoms with E-state index in [1.54, 1.807) is 19.1 Å². The molecule has 0 fully saturated rings. The van der Waals surface area contributed by atoms with E-state index < -0.39 is 13.6 Å². The third-order valence-corrected chi connectivity index (χ3v) is 4.43. The highest BCUT2D eigenvalue weighted by Gasteiger charge is 2.34. The number of carbonyl (C=O) groups is 1. The molecular weight excluding hydrogens is 516 g/mol. The molecule has 0 unspecified atom stereocenters. The Hall–Kier alpha value is -0.470. The lowest BCUT2D eigenvalue weighted by Gasteiger charge is -2.16. The van der Waals surface area contributed by atoms with Crippen molar-refractivity contribution in [2.75, 3.05) is 18.5 Å². The quantitative estimate of drug-likeness (QED) is 0.390. The number of ether oxygens (including phenoxy) is 1. The van der Waals surface area contributed by atoms with Gasteiger partial charge in [0.25, 0.3) is 0 Å². The molecule has 0 radical (unpaired) electrons. The maximum Gasteiger partial charge on any atom is 0.325 e. The summed E-state index contributed by atoms with van der Waals surface area (Å²) in [7, 11) is 0. The van der Waals surface area contributed by atoms with Crippen LogP contribution >= 0.6 is 81.2 Å². The summed E-state index contributed by atoms with van der Waals surface area (Å²) in [5, 5.41) is 3.15. The molecule has 0 spiro atoms. The fourth-order valence-corrected chi connectivity index (χ4v) is 2.69. The van der Waals surface area contributed by atoms with Gasteiger partial charge in [-0.3, -0.25) is 4.79 Å². The Bertz CT molecular complexity index is 836. The first-order valence-corrected chi connectivity index (χ1v) is 10.2. The van der Waals surface area contributed by atoms with Crippen molar-refractivity contribution in [3.63, 3.8) is 0 Å². The highest BCUT2D eigenvalue weighted by atomic mass is 35.6. The van der Waals surface area contributed by atoms with Crippen molar-refractivity contribution in [3.8, 4) is 11.4 Å². The van der Waals surface area contributed by atoms with Crippen molar-refractivity contribution in [2.24, 2.45) is 0 Å². The Morgan fingerprint density at radius 2 is 1.61 bits per heavy atom. The minimum Gasteiger partial charge on any atom is -0.465 e. The van der Waals surface area contributed by atoms with Crippen LogP contribution in [0.3, 0.4) is 0 Å². The lowest BCUT2D eigenvalue weighted by atomic mass is 10.2. The van der Waals surface area contributed by atoms with Gasteiger partial charge in [-0.05, 0) is 25.1 Å². The topological polar surface area (TPSA) is 77.0 Å². The van der Waals surface area contributed by atoms with Crippen molar-refractivity contribution in [3.05, 3.63) is 34.9 Å². The molecule has 0 aliphatic heterocycles. The number of carbonyl (C=O) groups excluding carboxylic acids is 1. The summed E-state index contributed by atoms with van der Waals surface area (Å²) in [6.07, 6.45) is 0. The molecule has 13 heteroatoms. The largest absolute Gasteiger partial charge is 0.465 e. The number of esters is 1. The predicted octanol–water partition coefficient (Wildman–Crippen LogP) is 5.82. The van der Waals surface area contributed by atoms with Gasteiger partial charge >= 0.3 is 5.97 Å². The number of benzene rings is 1. The fraction of sp³-hybridized carbons (Fsp3) is 0.333. The second-order valence-corrected chi connectivity index (χ2v) is 10.1. The van der Waals surface area contributed by atoms with Crippen LogP contribution in [0.15, 0.2) is 18.2 Å². The van der Waals surface area contributed by atoms with Crippen LogP contribution in [0.5, 0.6) is 0 Å². The summed E-state index contributed by atoms with van der Waals surface area (Å²) in [4.78, 5) is 23.6. The molecule has 28 heavy (non-hydrogen) atoms. The predicted molar refractivity (Wildman–Crippen MR) is 114 cm³/mol.